The zero-order chi connectivity index (χ0) is 8.43. The molecule has 0 aromatic heterocycles. The zero-order valence-corrected chi connectivity index (χ0v) is 9.04. The van der Waals surface area contributed by atoms with Gasteiger partial charge in [0.1, 0.15) is 4.84 Å². The number of halogens is 3. The molecule has 0 saturated heterocycles. The third-order valence-corrected chi connectivity index (χ3v) is 2.58. The first kappa shape index (κ1) is 9.37. The summed E-state index contributed by atoms with van der Waals surface area (Å²) in [6.45, 7) is 2.01. The van der Waals surface area contributed by atoms with Crippen LogP contribution in [0.3, 0.4) is 0 Å². The summed E-state index contributed by atoms with van der Waals surface area (Å²) in [6, 6.07) is 5.92. The van der Waals surface area contributed by atoms with Gasteiger partial charge < -0.3 is 0 Å². The molecule has 0 spiro atoms. The van der Waals surface area contributed by atoms with E-state index in [1.165, 1.54) is 0 Å². The Morgan fingerprint density at radius 2 is 2.00 bits per heavy atom. The number of benzene rings is 1. The molecule has 0 aliphatic carbocycles. The summed E-state index contributed by atoms with van der Waals surface area (Å²) in [6.07, 6.45) is 0. The van der Waals surface area contributed by atoms with Crippen molar-refractivity contribution in [1.82, 2.24) is 0 Å². The van der Waals surface area contributed by atoms with Gasteiger partial charge in [0, 0.05) is 4.47 Å². The second-order valence-corrected chi connectivity index (χ2v) is 4.28. The molecule has 0 nitrogen and oxygen atoms in total. The van der Waals surface area contributed by atoms with E-state index in [2.05, 4.69) is 15.9 Å². The number of hydrogen-bond donors (Lipinski definition) is 0. The Bertz CT molecular complexity index is 258. The molecule has 0 heterocycles. The van der Waals surface area contributed by atoms with E-state index in [-0.39, 0.29) is 0 Å². The van der Waals surface area contributed by atoms with Gasteiger partial charge in [-0.25, -0.2) is 0 Å². The molecule has 0 aliphatic heterocycles. The number of hydrogen-bond acceptors (Lipinski definition) is 0. The highest BCUT2D eigenvalue weighted by molar-refractivity contribution is 9.10. The normalized spacial score (nSPS) is 10.6. The fraction of sp³-hybridized carbons (Fsp3) is 0.250. The van der Waals surface area contributed by atoms with Crippen LogP contribution in [0.15, 0.2) is 22.7 Å². The monoisotopic (exact) mass is 252 g/mol. The fourth-order valence-corrected chi connectivity index (χ4v) is 1.93. The van der Waals surface area contributed by atoms with Crippen molar-refractivity contribution in [2.45, 2.75) is 11.8 Å². The first-order chi connectivity index (χ1) is 5.11. The fourth-order valence-electron chi connectivity index (χ4n) is 0.830. The topological polar surface area (TPSA) is 0 Å². The van der Waals surface area contributed by atoms with E-state index in [0.717, 1.165) is 15.6 Å². The van der Waals surface area contributed by atoms with Crippen LogP contribution in [0.25, 0.3) is 0 Å². The van der Waals surface area contributed by atoms with Crippen molar-refractivity contribution in [3.8, 4) is 0 Å². The van der Waals surface area contributed by atoms with Gasteiger partial charge >= 0.3 is 0 Å². The molecule has 0 fully saturated rings. The third-order valence-electron chi connectivity index (χ3n) is 1.39. The van der Waals surface area contributed by atoms with Crippen molar-refractivity contribution < 1.29 is 0 Å². The third kappa shape index (κ3) is 2.36. The molecule has 0 saturated carbocycles. The van der Waals surface area contributed by atoms with Gasteiger partial charge in [0.15, 0.2) is 0 Å². The molecular formula is C8H7BrCl2. The van der Waals surface area contributed by atoms with Crippen LogP contribution in [0.5, 0.6) is 0 Å². The summed E-state index contributed by atoms with van der Waals surface area (Å²) < 4.78 is 0.957. The molecule has 0 amide bonds. The Labute approximate surface area is 84.6 Å². The summed E-state index contributed by atoms with van der Waals surface area (Å²) in [4.78, 5) is -0.454. The van der Waals surface area contributed by atoms with Gasteiger partial charge in [0.25, 0.3) is 0 Å². The van der Waals surface area contributed by atoms with Crippen molar-refractivity contribution in [2.24, 2.45) is 0 Å². The van der Waals surface area contributed by atoms with Gasteiger partial charge in [-0.1, -0.05) is 33.6 Å². The second-order valence-electron chi connectivity index (χ2n) is 2.33. The zero-order valence-electron chi connectivity index (χ0n) is 5.94. The summed E-state index contributed by atoms with van der Waals surface area (Å²) in [7, 11) is 0. The molecule has 0 atom stereocenters. The van der Waals surface area contributed by atoms with E-state index in [1.54, 1.807) is 0 Å². The standard InChI is InChI=1S/C8H7BrCl2/c1-5-2-3-7(9)6(4-5)8(10)11/h2-4,8H,1H3. The smallest absolute Gasteiger partial charge is 0.100 e. The van der Waals surface area contributed by atoms with Gasteiger partial charge in [-0.2, -0.15) is 0 Å². The first-order valence-corrected chi connectivity index (χ1v) is 4.82. The minimum atomic E-state index is -0.454. The maximum Gasteiger partial charge on any atom is 0.133 e. The summed E-state index contributed by atoms with van der Waals surface area (Å²) in [5, 5.41) is 0. The number of rotatable bonds is 1. The average molecular weight is 254 g/mol. The maximum atomic E-state index is 5.72. The Morgan fingerprint density at radius 1 is 1.36 bits per heavy atom. The lowest BCUT2D eigenvalue weighted by molar-refractivity contribution is 1.29. The minimum absolute atomic E-state index is 0.454. The van der Waals surface area contributed by atoms with E-state index >= 15 is 0 Å². The highest BCUT2D eigenvalue weighted by Crippen LogP contribution is 2.31. The Kier molecular flexibility index (Phi) is 3.23. The Hall–Kier alpha value is 0.280. The maximum absolute atomic E-state index is 5.72. The lowest BCUT2D eigenvalue weighted by Gasteiger charge is -2.05. The highest BCUT2D eigenvalue weighted by Gasteiger charge is 2.07. The molecule has 0 bridgehead atoms. The van der Waals surface area contributed by atoms with E-state index in [0.29, 0.717) is 0 Å². The SMILES string of the molecule is Cc1ccc(Br)c(C(Cl)Cl)c1. The van der Waals surface area contributed by atoms with E-state index in [4.69, 9.17) is 23.2 Å². The van der Waals surface area contributed by atoms with Crippen LogP contribution < -0.4 is 0 Å². The molecule has 1 rings (SSSR count). The molecule has 3 heteroatoms. The van der Waals surface area contributed by atoms with Crippen LogP contribution in [0.1, 0.15) is 16.0 Å². The molecule has 0 N–H and O–H groups in total. The predicted molar refractivity (Wildman–Crippen MR) is 53.3 cm³/mol. The van der Waals surface area contributed by atoms with Crippen LogP contribution in [0.2, 0.25) is 0 Å². The number of aryl methyl sites for hydroxylation is 1. The van der Waals surface area contributed by atoms with Crippen LogP contribution in [-0.2, 0) is 0 Å². The van der Waals surface area contributed by atoms with E-state index in [1.807, 2.05) is 25.1 Å². The molecule has 0 aliphatic rings. The largest absolute Gasteiger partial charge is 0.133 e. The average Bonchev–Trinajstić information content (AvgIpc) is 1.94. The van der Waals surface area contributed by atoms with Crippen molar-refractivity contribution in [3.63, 3.8) is 0 Å². The van der Waals surface area contributed by atoms with Gasteiger partial charge in [-0.15, -0.1) is 23.2 Å². The molecular weight excluding hydrogens is 247 g/mol. The first-order valence-electron chi connectivity index (χ1n) is 3.15. The van der Waals surface area contributed by atoms with Crippen molar-refractivity contribution in [3.05, 3.63) is 33.8 Å². The second kappa shape index (κ2) is 3.79. The predicted octanol–water partition coefficient (Wildman–Crippen LogP) is 4.23. The van der Waals surface area contributed by atoms with Crippen molar-refractivity contribution in [2.75, 3.05) is 0 Å². The van der Waals surface area contributed by atoms with Crippen LogP contribution in [0.4, 0.5) is 0 Å². The van der Waals surface area contributed by atoms with Gasteiger partial charge in [-0.3, -0.25) is 0 Å². The van der Waals surface area contributed by atoms with Gasteiger partial charge in [0.2, 0.25) is 0 Å². The Morgan fingerprint density at radius 3 is 2.45 bits per heavy atom. The summed E-state index contributed by atoms with van der Waals surface area (Å²) in [5.41, 5.74) is 2.09. The molecule has 0 radical (unpaired) electrons. The minimum Gasteiger partial charge on any atom is -0.100 e. The molecule has 1 aromatic carbocycles. The van der Waals surface area contributed by atoms with Crippen LogP contribution in [0, 0.1) is 6.92 Å². The molecule has 1 aromatic rings. The van der Waals surface area contributed by atoms with Gasteiger partial charge in [0.05, 0.1) is 0 Å². The van der Waals surface area contributed by atoms with E-state index < -0.39 is 4.84 Å². The van der Waals surface area contributed by atoms with Crippen LogP contribution in [-0.4, -0.2) is 0 Å². The van der Waals surface area contributed by atoms with Crippen molar-refractivity contribution in [1.29, 1.82) is 0 Å². The van der Waals surface area contributed by atoms with Crippen LogP contribution >= 0.6 is 39.1 Å². The highest BCUT2D eigenvalue weighted by atomic mass is 79.9. The summed E-state index contributed by atoms with van der Waals surface area (Å²) in [5.74, 6) is 0. The van der Waals surface area contributed by atoms with E-state index in [9.17, 15) is 0 Å². The lowest BCUT2D eigenvalue weighted by Crippen LogP contribution is -1.84. The quantitative estimate of drug-likeness (QED) is 0.657. The Balaban J connectivity index is 3.13. The summed E-state index contributed by atoms with van der Waals surface area (Å²) >= 11 is 14.8. The number of alkyl halides is 2. The van der Waals surface area contributed by atoms with Crippen molar-refractivity contribution >= 4 is 39.1 Å². The molecule has 11 heavy (non-hydrogen) atoms. The molecule has 0 unspecified atom stereocenters. The lowest BCUT2D eigenvalue weighted by atomic mass is 10.2. The molecule has 60 valence electrons. The van der Waals surface area contributed by atoms with Gasteiger partial charge in [-0.05, 0) is 18.6 Å².